The van der Waals surface area contributed by atoms with E-state index in [-0.39, 0.29) is 0 Å². The maximum Gasteiger partial charge on any atom is 0.122 e. The van der Waals surface area contributed by atoms with Gasteiger partial charge in [-0.3, -0.25) is 0 Å². The Morgan fingerprint density at radius 1 is 1.00 bits per heavy atom. The monoisotopic (exact) mass is 194 g/mol. The number of hydrogen-bond acceptors (Lipinski definition) is 2. The largest absolute Gasteiger partial charge is 0.494 e. The molecule has 0 saturated carbocycles. The van der Waals surface area contributed by atoms with Gasteiger partial charge in [-0.25, -0.2) is 0 Å². The summed E-state index contributed by atoms with van der Waals surface area (Å²) < 4.78 is 10.9. The Hall–Kier alpha value is -1.18. The van der Waals surface area contributed by atoms with Gasteiger partial charge in [0, 0.05) is 0 Å². The van der Waals surface area contributed by atoms with Crippen molar-refractivity contribution >= 4 is 0 Å². The molecular weight excluding hydrogens is 176 g/mol. The van der Waals surface area contributed by atoms with Gasteiger partial charge < -0.3 is 9.47 Å². The molecule has 78 valence electrons. The standard InChI is InChI=1S/C12H18O2/c1-4-10-9-11(13-5-2)7-8-12(10)14-6-3/h7-9H,4-6H2,1-3H3. The topological polar surface area (TPSA) is 18.5 Å². The van der Waals surface area contributed by atoms with Crippen molar-refractivity contribution in [2.75, 3.05) is 13.2 Å². The fourth-order valence-electron chi connectivity index (χ4n) is 1.38. The molecule has 0 atom stereocenters. The van der Waals surface area contributed by atoms with Crippen LogP contribution in [0.25, 0.3) is 0 Å². The number of rotatable bonds is 5. The van der Waals surface area contributed by atoms with Crippen LogP contribution in [0.15, 0.2) is 18.2 Å². The average molecular weight is 194 g/mol. The second-order valence-corrected chi connectivity index (χ2v) is 2.99. The molecule has 1 rings (SSSR count). The van der Waals surface area contributed by atoms with E-state index in [1.54, 1.807) is 0 Å². The summed E-state index contributed by atoms with van der Waals surface area (Å²) in [6.07, 6.45) is 0.968. The highest BCUT2D eigenvalue weighted by molar-refractivity contribution is 5.40. The maximum atomic E-state index is 5.51. The summed E-state index contributed by atoms with van der Waals surface area (Å²) in [5.74, 6) is 1.89. The molecule has 0 amide bonds. The van der Waals surface area contributed by atoms with Gasteiger partial charge in [0.1, 0.15) is 11.5 Å². The summed E-state index contributed by atoms with van der Waals surface area (Å²) in [6, 6.07) is 5.98. The highest BCUT2D eigenvalue weighted by atomic mass is 16.5. The lowest BCUT2D eigenvalue weighted by atomic mass is 10.1. The van der Waals surface area contributed by atoms with Crippen molar-refractivity contribution in [3.8, 4) is 11.5 Å². The first-order chi connectivity index (χ1) is 6.81. The third kappa shape index (κ3) is 2.66. The van der Waals surface area contributed by atoms with Gasteiger partial charge in [0.05, 0.1) is 13.2 Å². The molecule has 2 nitrogen and oxygen atoms in total. The minimum atomic E-state index is 0.705. The SMILES string of the molecule is CCOc1ccc(OCC)c(CC)c1. The second-order valence-electron chi connectivity index (χ2n) is 2.99. The van der Waals surface area contributed by atoms with E-state index < -0.39 is 0 Å². The van der Waals surface area contributed by atoms with Gasteiger partial charge in [-0.05, 0) is 44.0 Å². The highest BCUT2D eigenvalue weighted by Crippen LogP contribution is 2.24. The van der Waals surface area contributed by atoms with Gasteiger partial charge >= 0.3 is 0 Å². The molecule has 0 unspecified atom stereocenters. The van der Waals surface area contributed by atoms with Crippen molar-refractivity contribution in [3.05, 3.63) is 23.8 Å². The van der Waals surface area contributed by atoms with Crippen LogP contribution in [0.5, 0.6) is 11.5 Å². The van der Waals surface area contributed by atoms with Crippen molar-refractivity contribution in [2.45, 2.75) is 27.2 Å². The molecule has 0 aliphatic heterocycles. The molecule has 2 heteroatoms. The van der Waals surface area contributed by atoms with E-state index in [0.29, 0.717) is 13.2 Å². The summed E-state index contributed by atoms with van der Waals surface area (Å²) in [7, 11) is 0. The lowest BCUT2D eigenvalue weighted by Gasteiger charge is -2.10. The van der Waals surface area contributed by atoms with E-state index in [9.17, 15) is 0 Å². The zero-order valence-electron chi connectivity index (χ0n) is 9.17. The molecule has 0 aromatic heterocycles. The van der Waals surface area contributed by atoms with Crippen molar-refractivity contribution < 1.29 is 9.47 Å². The first-order valence-electron chi connectivity index (χ1n) is 5.20. The fraction of sp³-hybridized carbons (Fsp3) is 0.500. The van der Waals surface area contributed by atoms with Gasteiger partial charge in [0.2, 0.25) is 0 Å². The van der Waals surface area contributed by atoms with Crippen LogP contribution in [-0.4, -0.2) is 13.2 Å². The van der Waals surface area contributed by atoms with E-state index in [1.807, 2.05) is 26.0 Å². The first-order valence-corrected chi connectivity index (χ1v) is 5.20. The lowest BCUT2D eigenvalue weighted by Crippen LogP contribution is -1.97. The van der Waals surface area contributed by atoms with Gasteiger partial charge in [-0.15, -0.1) is 0 Å². The van der Waals surface area contributed by atoms with E-state index in [4.69, 9.17) is 9.47 Å². The Morgan fingerprint density at radius 2 is 1.71 bits per heavy atom. The minimum absolute atomic E-state index is 0.705. The Bertz CT molecular complexity index is 282. The number of ether oxygens (including phenoxy) is 2. The molecule has 1 aromatic rings. The van der Waals surface area contributed by atoms with Crippen LogP contribution in [0, 0.1) is 0 Å². The van der Waals surface area contributed by atoms with Crippen LogP contribution in [0.1, 0.15) is 26.3 Å². The summed E-state index contributed by atoms with van der Waals surface area (Å²) in [5, 5.41) is 0. The Balaban J connectivity index is 2.87. The average Bonchev–Trinajstić information content (AvgIpc) is 2.21. The van der Waals surface area contributed by atoms with E-state index >= 15 is 0 Å². The molecule has 0 aliphatic carbocycles. The van der Waals surface area contributed by atoms with Crippen LogP contribution in [0.2, 0.25) is 0 Å². The van der Waals surface area contributed by atoms with Crippen molar-refractivity contribution in [1.29, 1.82) is 0 Å². The van der Waals surface area contributed by atoms with Crippen LogP contribution in [0.4, 0.5) is 0 Å². The van der Waals surface area contributed by atoms with E-state index in [1.165, 1.54) is 5.56 Å². The lowest BCUT2D eigenvalue weighted by molar-refractivity contribution is 0.327. The van der Waals surface area contributed by atoms with Gasteiger partial charge in [-0.1, -0.05) is 6.92 Å². The maximum absolute atomic E-state index is 5.51. The number of benzene rings is 1. The molecule has 1 aromatic carbocycles. The Labute approximate surface area is 85.8 Å². The molecular formula is C12H18O2. The zero-order chi connectivity index (χ0) is 10.4. The normalized spacial score (nSPS) is 9.93. The molecule has 0 N–H and O–H groups in total. The summed E-state index contributed by atoms with van der Waals surface area (Å²) >= 11 is 0. The predicted octanol–water partition coefficient (Wildman–Crippen LogP) is 3.05. The molecule has 0 fully saturated rings. The molecule has 0 heterocycles. The third-order valence-electron chi connectivity index (χ3n) is 2.02. The summed E-state index contributed by atoms with van der Waals surface area (Å²) in [5.41, 5.74) is 1.21. The molecule has 0 spiro atoms. The Kier molecular flexibility index (Phi) is 4.30. The quantitative estimate of drug-likeness (QED) is 0.717. The van der Waals surface area contributed by atoms with E-state index in [0.717, 1.165) is 17.9 Å². The van der Waals surface area contributed by atoms with Crippen molar-refractivity contribution in [2.24, 2.45) is 0 Å². The number of aryl methyl sites for hydroxylation is 1. The zero-order valence-corrected chi connectivity index (χ0v) is 9.17. The van der Waals surface area contributed by atoms with Gasteiger partial charge in [0.15, 0.2) is 0 Å². The second kappa shape index (κ2) is 5.53. The molecule has 0 aliphatic rings. The van der Waals surface area contributed by atoms with E-state index in [2.05, 4.69) is 13.0 Å². The van der Waals surface area contributed by atoms with Crippen molar-refractivity contribution in [3.63, 3.8) is 0 Å². The Morgan fingerprint density at radius 3 is 2.29 bits per heavy atom. The van der Waals surface area contributed by atoms with Crippen LogP contribution in [-0.2, 0) is 6.42 Å². The third-order valence-corrected chi connectivity index (χ3v) is 2.02. The molecule has 14 heavy (non-hydrogen) atoms. The molecule has 0 bridgehead atoms. The van der Waals surface area contributed by atoms with Crippen LogP contribution < -0.4 is 9.47 Å². The molecule has 0 saturated heterocycles. The smallest absolute Gasteiger partial charge is 0.122 e. The minimum Gasteiger partial charge on any atom is -0.494 e. The highest BCUT2D eigenvalue weighted by Gasteiger charge is 2.03. The summed E-state index contributed by atoms with van der Waals surface area (Å²) in [4.78, 5) is 0. The van der Waals surface area contributed by atoms with Gasteiger partial charge in [-0.2, -0.15) is 0 Å². The number of hydrogen-bond donors (Lipinski definition) is 0. The van der Waals surface area contributed by atoms with Crippen LogP contribution >= 0.6 is 0 Å². The first kappa shape index (κ1) is 10.9. The van der Waals surface area contributed by atoms with Gasteiger partial charge in [0.25, 0.3) is 0 Å². The van der Waals surface area contributed by atoms with Crippen molar-refractivity contribution in [1.82, 2.24) is 0 Å². The summed E-state index contributed by atoms with van der Waals surface area (Å²) in [6.45, 7) is 7.52. The molecule has 0 radical (unpaired) electrons. The van der Waals surface area contributed by atoms with Crippen LogP contribution in [0.3, 0.4) is 0 Å². The predicted molar refractivity (Wildman–Crippen MR) is 58.2 cm³/mol. The fourth-order valence-corrected chi connectivity index (χ4v) is 1.38.